The van der Waals surface area contributed by atoms with Gasteiger partial charge >= 0.3 is 5.69 Å². The summed E-state index contributed by atoms with van der Waals surface area (Å²) < 4.78 is 1.67. The lowest BCUT2D eigenvalue weighted by Crippen LogP contribution is -2.38. The fraction of sp³-hybridized carbons (Fsp3) is 0.375. The van der Waals surface area contributed by atoms with Gasteiger partial charge in [0, 0.05) is 11.1 Å². The number of fused-ring (bicyclic) bond motifs is 3. The number of aromatic nitrogens is 2. The Kier molecular flexibility index (Phi) is 2.31. The molecule has 1 aromatic carbocycles. The molecular formula is C16H17N3O. The number of hydrogen-bond acceptors (Lipinski definition) is 3. The first-order valence-corrected chi connectivity index (χ1v) is 7.21. The van der Waals surface area contributed by atoms with Gasteiger partial charge in [0.05, 0.1) is 11.1 Å². The van der Waals surface area contributed by atoms with E-state index >= 15 is 0 Å². The predicted molar refractivity (Wildman–Crippen MR) is 80.8 cm³/mol. The smallest absolute Gasteiger partial charge is 0.354 e. The highest BCUT2D eigenvalue weighted by atomic mass is 16.1. The van der Waals surface area contributed by atoms with Gasteiger partial charge in [0.15, 0.2) is 0 Å². The molecule has 1 aliphatic carbocycles. The van der Waals surface area contributed by atoms with Gasteiger partial charge < -0.3 is 5.32 Å². The lowest BCUT2D eigenvalue weighted by molar-refractivity contribution is 0.398. The Labute approximate surface area is 117 Å². The highest BCUT2D eigenvalue weighted by molar-refractivity contribution is 5.94. The summed E-state index contributed by atoms with van der Waals surface area (Å²) in [5.41, 5.74) is 1.25. The molecule has 4 nitrogen and oxygen atoms in total. The number of hydrogen-bond donors (Lipinski definition) is 1. The zero-order valence-corrected chi connectivity index (χ0v) is 11.4. The van der Waals surface area contributed by atoms with Crippen LogP contribution in [0.4, 0.5) is 5.82 Å². The SMILES string of the molecule is C=C1n2c(c3ccccc3nc2=O)NC12CCCCC2. The Balaban J connectivity index is 1.98. The molecule has 1 aromatic heterocycles. The van der Waals surface area contributed by atoms with Crippen LogP contribution in [-0.4, -0.2) is 15.1 Å². The van der Waals surface area contributed by atoms with E-state index in [4.69, 9.17) is 0 Å². The van der Waals surface area contributed by atoms with Gasteiger partial charge in [-0.3, -0.25) is 0 Å². The molecular weight excluding hydrogens is 250 g/mol. The summed E-state index contributed by atoms with van der Waals surface area (Å²) in [5.74, 6) is 0.868. The first-order valence-electron chi connectivity index (χ1n) is 7.21. The fourth-order valence-electron chi connectivity index (χ4n) is 3.60. The zero-order chi connectivity index (χ0) is 13.7. The summed E-state index contributed by atoms with van der Waals surface area (Å²) in [6, 6.07) is 7.78. The average Bonchev–Trinajstić information content (AvgIpc) is 2.74. The molecule has 1 saturated carbocycles. The molecule has 4 rings (SSSR count). The largest absolute Gasteiger partial charge is 0.359 e. The summed E-state index contributed by atoms with van der Waals surface area (Å²) >= 11 is 0. The van der Waals surface area contributed by atoms with Gasteiger partial charge in [0.25, 0.3) is 0 Å². The number of para-hydroxylation sites is 1. The lowest BCUT2D eigenvalue weighted by Gasteiger charge is -2.34. The Morgan fingerprint density at radius 1 is 1.20 bits per heavy atom. The fourth-order valence-corrected chi connectivity index (χ4v) is 3.60. The van der Waals surface area contributed by atoms with Crippen molar-refractivity contribution in [3.05, 3.63) is 41.3 Å². The highest BCUT2D eigenvalue weighted by Gasteiger charge is 2.42. The topological polar surface area (TPSA) is 46.9 Å². The molecule has 20 heavy (non-hydrogen) atoms. The molecule has 102 valence electrons. The van der Waals surface area contributed by atoms with Crippen molar-refractivity contribution in [3.63, 3.8) is 0 Å². The van der Waals surface area contributed by atoms with E-state index in [2.05, 4.69) is 16.9 Å². The van der Waals surface area contributed by atoms with E-state index < -0.39 is 0 Å². The number of nitrogens with one attached hydrogen (secondary N) is 1. The maximum absolute atomic E-state index is 12.3. The minimum Gasteiger partial charge on any atom is -0.359 e. The van der Waals surface area contributed by atoms with Crippen molar-refractivity contribution in [2.75, 3.05) is 5.32 Å². The molecule has 0 atom stereocenters. The second-order valence-corrected chi connectivity index (χ2v) is 5.81. The van der Waals surface area contributed by atoms with Gasteiger partial charge in [-0.15, -0.1) is 0 Å². The number of anilines is 1. The van der Waals surface area contributed by atoms with E-state index in [1.807, 2.05) is 24.3 Å². The van der Waals surface area contributed by atoms with Gasteiger partial charge in [-0.05, 0) is 25.0 Å². The van der Waals surface area contributed by atoms with E-state index in [0.29, 0.717) is 0 Å². The number of benzene rings is 1. The van der Waals surface area contributed by atoms with Crippen LogP contribution in [0.3, 0.4) is 0 Å². The third-order valence-corrected chi connectivity index (χ3v) is 4.68. The number of nitrogens with zero attached hydrogens (tertiary/aromatic N) is 2. The van der Waals surface area contributed by atoms with Crippen LogP contribution in [0.1, 0.15) is 32.1 Å². The van der Waals surface area contributed by atoms with Crippen molar-refractivity contribution < 1.29 is 0 Å². The van der Waals surface area contributed by atoms with Gasteiger partial charge in [0.2, 0.25) is 0 Å². The summed E-state index contributed by atoms with van der Waals surface area (Å²) in [4.78, 5) is 16.5. The first-order chi connectivity index (χ1) is 9.71. The molecule has 4 heteroatoms. The molecule has 0 amide bonds. The Morgan fingerprint density at radius 3 is 2.75 bits per heavy atom. The van der Waals surface area contributed by atoms with Crippen LogP contribution >= 0.6 is 0 Å². The van der Waals surface area contributed by atoms with Gasteiger partial charge in [-0.25, -0.2) is 9.36 Å². The number of rotatable bonds is 0. The Hall–Kier alpha value is -2.10. The molecule has 2 aromatic rings. The molecule has 0 unspecified atom stereocenters. The van der Waals surface area contributed by atoms with Crippen molar-refractivity contribution in [1.82, 2.24) is 9.55 Å². The van der Waals surface area contributed by atoms with Crippen LogP contribution in [0, 0.1) is 0 Å². The quantitative estimate of drug-likeness (QED) is 0.798. The normalized spacial score (nSPS) is 20.1. The van der Waals surface area contributed by atoms with Crippen LogP contribution in [0.25, 0.3) is 16.6 Å². The van der Waals surface area contributed by atoms with Crippen molar-refractivity contribution in [1.29, 1.82) is 0 Å². The molecule has 2 aliphatic rings. The molecule has 1 fully saturated rings. The van der Waals surface area contributed by atoms with E-state index in [1.165, 1.54) is 19.3 Å². The highest BCUT2D eigenvalue weighted by Crippen LogP contribution is 2.44. The van der Waals surface area contributed by atoms with Gasteiger partial charge in [0.1, 0.15) is 5.82 Å². The maximum Gasteiger partial charge on any atom is 0.354 e. The van der Waals surface area contributed by atoms with Gasteiger partial charge in [-0.1, -0.05) is 38.0 Å². The third-order valence-electron chi connectivity index (χ3n) is 4.68. The molecule has 0 bridgehead atoms. The summed E-state index contributed by atoms with van der Waals surface area (Å²) in [5, 5.41) is 4.60. The Bertz CT molecular complexity index is 769. The van der Waals surface area contributed by atoms with E-state index in [0.717, 1.165) is 35.3 Å². The van der Waals surface area contributed by atoms with E-state index in [-0.39, 0.29) is 11.2 Å². The molecule has 1 spiro atoms. The zero-order valence-electron chi connectivity index (χ0n) is 11.4. The van der Waals surface area contributed by atoms with Gasteiger partial charge in [-0.2, -0.15) is 4.98 Å². The summed E-state index contributed by atoms with van der Waals surface area (Å²) in [6.07, 6.45) is 5.71. The average molecular weight is 267 g/mol. The molecule has 2 heterocycles. The van der Waals surface area contributed by atoms with Crippen LogP contribution in [-0.2, 0) is 0 Å². The standard InChI is InChI=1S/C16H17N3O/c1-11-16(9-5-2-6-10-16)18-14-12-7-3-4-8-13(12)17-15(20)19(11)14/h3-4,7-8,18H,1-2,5-6,9-10H2. The third kappa shape index (κ3) is 1.42. The minimum atomic E-state index is -0.223. The Morgan fingerprint density at radius 2 is 1.95 bits per heavy atom. The van der Waals surface area contributed by atoms with Crippen LogP contribution < -0.4 is 11.0 Å². The summed E-state index contributed by atoms with van der Waals surface area (Å²) in [7, 11) is 0. The minimum absolute atomic E-state index is 0.143. The van der Waals surface area contributed by atoms with Crippen molar-refractivity contribution in [2.24, 2.45) is 0 Å². The van der Waals surface area contributed by atoms with E-state index in [9.17, 15) is 4.79 Å². The second-order valence-electron chi connectivity index (χ2n) is 5.81. The molecule has 1 N–H and O–H groups in total. The van der Waals surface area contributed by atoms with Crippen molar-refractivity contribution in [2.45, 2.75) is 37.6 Å². The van der Waals surface area contributed by atoms with Crippen LogP contribution in [0.15, 0.2) is 35.6 Å². The lowest BCUT2D eigenvalue weighted by atomic mass is 9.80. The van der Waals surface area contributed by atoms with E-state index in [1.54, 1.807) is 4.57 Å². The molecule has 0 radical (unpaired) electrons. The van der Waals surface area contributed by atoms with Crippen molar-refractivity contribution in [3.8, 4) is 0 Å². The summed E-state index contributed by atoms with van der Waals surface area (Å²) in [6.45, 7) is 4.20. The maximum atomic E-state index is 12.3. The second kappa shape index (κ2) is 3.95. The van der Waals surface area contributed by atoms with Crippen LogP contribution in [0.5, 0.6) is 0 Å². The molecule has 0 saturated heterocycles. The first kappa shape index (κ1) is 11.7. The molecule has 1 aliphatic heterocycles. The monoisotopic (exact) mass is 267 g/mol. The van der Waals surface area contributed by atoms with Crippen molar-refractivity contribution >= 4 is 22.4 Å². The predicted octanol–water partition coefficient (Wildman–Crippen LogP) is 3.00. The van der Waals surface area contributed by atoms with Crippen LogP contribution in [0.2, 0.25) is 0 Å².